The highest BCUT2D eigenvalue weighted by molar-refractivity contribution is 5.73. The van der Waals surface area contributed by atoms with Crippen LogP contribution >= 0.6 is 0 Å². The lowest BCUT2D eigenvalue weighted by molar-refractivity contribution is 0.166. The molecule has 0 aliphatic heterocycles. The molecule has 25 heavy (non-hydrogen) atoms. The summed E-state index contributed by atoms with van der Waals surface area (Å²) in [6.45, 7) is 2.32. The smallest absolute Gasteiger partial charge is 0.314 e. The lowest BCUT2D eigenvalue weighted by Crippen LogP contribution is -2.41. The number of para-hydroxylation sites is 1. The second-order valence-electron chi connectivity index (χ2n) is 5.71. The van der Waals surface area contributed by atoms with Crippen molar-refractivity contribution < 1.29 is 19.0 Å². The fraction of sp³-hybridized carbons (Fsp3) is 0.316. The normalized spacial score (nSPS) is 12.9. The van der Waals surface area contributed by atoms with Crippen molar-refractivity contribution in [2.45, 2.75) is 25.6 Å². The van der Waals surface area contributed by atoms with Crippen molar-refractivity contribution in [1.82, 2.24) is 10.6 Å². The van der Waals surface area contributed by atoms with E-state index in [4.69, 9.17) is 4.74 Å². The van der Waals surface area contributed by atoms with Gasteiger partial charge in [0.05, 0.1) is 12.6 Å². The first-order valence-corrected chi connectivity index (χ1v) is 8.22. The first kappa shape index (κ1) is 18.7. The number of urea groups is 1. The molecule has 0 spiro atoms. The molecule has 2 amide bonds. The minimum atomic E-state index is -0.621. The van der Waals surface area contributed by atoms with E-state index >= 15 is 0 Å². The number of nitrogens with one attached hydrogen (secondary N) is 2. The van der Waals surface area contributed by atoms with Gasteiger partial charge in [0.15, 0.2) is 11.6 Å². The molecule has 3 N–H and O–H groups in total. The molecule has 0 saturated heterocycles. The Hall–Kier alpha value is -2.60. The van der Waals surface area contributed by atoms with Crippen LogP contribution in [0.2, 0.25) is 0 Å². The molecule has 2 aromatic rings. The van der Waals surface area contributed by atoms with Gasteiger partial charge in [-0.25, -0.2) is 9.18 Å². The fourth-order valence-electron chi connectivity index (χ4n) is 2.26. The number of carbonyl (C=O) groups is 1. The number of ether oxygens (including phenoxy) is 1. The van der Waals surface area contributed by atoms with Crippen molar-refractivity contribution in [1.29, 1.82) is 0 Å². The maximum absolute atomic E-state index is 13.5. The largest absolute Gasteiger partial charge is 0.486 e. The van der Waals surface area contributed by atoms with Crippen molar-refractivity contribution >= 4 is 6.03 Å². The van der Waals surface area contributed by atoms with Crippen LogP contribution < -0.4 is 15.4 Å². The zero-order valence-corrected chi connectivity index (χ0v) is 14.1. The molecule has 2 atom stereocenters. The van der Waals surface area contributed by atoms with Crippen LogP contribution in [0.4, 0.5) is 9.18 Å². The van der Waals surface area contributed by atoms with Gasteiger partial charge in [-0.2, -0.15) is 0 Å². The molecular formula is C19H23FN2O3. The summed E-state index contributed by atoms with van der Waals surface area (Å²) in [7, 11) is 0. The number of hydrogen-bond acceptors (Lipinski definition) is 3. The summed E-state index contributed by atoms with van der Waals surface area (Å²) in [6.07, 6.45) is -0.582. The van der Waals surface area contributed by atoms with E-state index in [1.54, 1.807) is 19.1 Å². The maximum atomic E-state index is 13.5. The van der Waals surface area contributed by atoms with Crippen LogP contribution in [0.1, 0.15) is 25.0 Å². The van der Waals surface area contributed by atoms with Gasteiger partial charge in [0, 0.05) is 6.54 Å². The molecular weight excluding hydrogens is 323 g/mol. The van der Waals surface area contributed by atoms with E-state index in [1.807, 2.05) is 30.3 Å². The van der Waals surface area contributed by atoms with Crippen molar-refractivity contribution in [2.75, 3.05) is 13.1 Å². The third-order valence-corrected chi connectivity index (χ3v) is 3.60. The number of hydrogen-bond donors (Lipinski definition) is 3. The third-order valence-electron chi connectivity index (χ3n) is 3.60. The van der Waals surface area contributed by atoms with E-state index in [-0.39, 0.29) is 24.4 Å². The minimum Gasteiger partial charge on any atom is -0.486 e. The highest BCUT2D eigenvalue weighted by atomic mass is 19.1. The summed E-state index contributed by atoms with van der Waals surface area (Å²) in [6, 6.07) is 15.0. The van der Waals surface area contributed by atoms with Crippen LogP contribution in [0.25, 0.3) is 0 Å². The first-order chi connectivity index (χ1) is 12.1. The maximum Gasteiger partial charge on any atom is 0.314 e. The summed E-state index contributed by atoms with van der Waals surface area (Å²) < 4.78 is 18.9. The average Bonchev–Trinajstić information content (AvgIpc) is 2.62. The monoisotopic (exact) mass is 346 g/mol. The van der Waals surface area contributed by atoms with E-state index in [9.17, 15) is 14.3 Å². The molecule has 0 radical (unpaired) electrons. The summed E-state index contributed by atoms with van der Waals surface area (Å²) in [5.74, 6) is -0.281. The molecule has 2 aromatic carbocycles. The zero-order chi connectivity index (χ0) is 18.1. The Balaban J connectivity index is 1.64. The van der Waals surface area contributed by atoms with Crippen LogP contribution in [0.15, 0.2) is 54.6 Å². The Morgan fingerprint density at radius 2 is 1.80 bits per heavy atom. The number of aliphatic hydroxyl groups is 1. The van der Waals surface area contributed by atoms with Gasteiger partial charge in [-0.1, -0.05) is 42.5 Å². The Bertz CT molecular complexity index is 667. The third kappa shape index (κ3) is 6.43. The van der Waals surface area contributed by atoms with Crippen LogP contribution in [0.5, 0.6) is 5.75 Å². The number of carbonyl (C=O) groups excluding carboxylic acids is 1. The Kier molecular flexibility index (Phi) is 7.22. The minimum absolute atomic E-state index is 0.156. The quantitative estimate of drug-likeness (QED) is 0.688. The van der Waals surface area contributed by atoms with Gasteiger partial charge < -0.3 is 20.5 Å². The second kappa shape index (κ2) is 9.64. The topological polar surface area (TPSA) is 70.6 Å². The molecule has 2 rings (SSSR count). The standard InChI is InChI=1S/C19H23FN2O3/c1-14(25-18-10-6-5-9-16(18)20)13-22-19(24)21-12-11-17(23)15-7-3-2-4-8-15/h2-10,14,17,23H,11-13H2,1H3,(H2,21,22,24). The highest BCUT2D eigenvalue weighted by Crippen LogP contribution is 2.17. The van der Waals surface area contributed by atoms with Crippen molar-refractivity contribution in [3.8, 4) is 5.75 Å². The lowest BCUT2D eigenvalue weighted by Gasteiger charge is -2.16. The number of amides is 2. The summed E-state index contributed by atoms with van der Waals surface area (Å²) in [5.41, 5.74) is 0.816. The van der Waals surface area contributed by atoms with Crippen LogP contribution in [0.3, 0.4) is 0 Å². The van der Waals surface area contributed by atoms with Gasteiger partial charge in [0.2, 0.25) is 0 Å². The molecule has 0 heterocycles. The second-order valence-corrected chi connectivity index (χ2v) is 5.71. The number of benzene rings is 2. The number of halogens is 1. The van der Waals surface area contributed by atoms with Gasteiger partial charge in [-0.3, -0.25) is 0 Å². The molecule has 2 unspecified atom stereocenters. The molecule has 0 saturated carbocycles. The molecule has 0 aromatic heterocycles. The Morgan fingerprint density at radius 1 is 1.12 bits per heavy atom. The van der Waals surface area contributed by atoms with E-state index in [1.165, 1.54) is 12.1 Å². The van der Waals surface area contributed by atoms with E-state index in [0.29, 0.717) is 13.0 Å². The predicted molar refractivity (Wildman–Crippen MR) is 93.9 cm³/mol. The summed E-state index contributed by atoms with van der Waals surface area (Å²) in [5, 5.41) is 15.3. The average molecular weight is 346 g/mol. The van der Waals surface area contributed by atoms with Crippen molar-refractivity contribution in [2.24, 2.45) is 0 Å². The van der Waals surface area contributed by atoms with Crippen molar-refractivity contribution in [3.63, 3.8) is 0 Å². The van der Waals surface area contributed by atoms with E-state index in [2.05, 4.69) is 10.6 Å². The molecule has 6 heteroatoms. The van der Waals surface area contributed by atoms with Crippen molar-refractivity contribution in [3.05, 3.63) is 66.0 Å². The molecule has 134 valence electrons. The number of rotatable bonds is 8. The summed E-state index contributed by atoms with van der Waals surface area (Å²) >= 11 is 0. The summed E-state index contributed by atoms with van der Waals surface area (Å²) in [4.78, 5) is 11.8. The molecule has 0 aliphatic carbocycles. The van der Waals surface area contributed by atoms with Gasteiger partial charge in [-0.05, 0) is 31.0 Å². The lowest BCUT2D eigenvalue weighted by atomic mass is 10.1. The molecule has 0 aliphatic rings. The van der Waals surface area contributed by atoms with Crippen LogP contribution in [-0.2, 0) is 0 Å². The number of aliphatic hydroxyl groups excluding tert-OH is 1. The van der Waals surface area contributed by atoms with Gasteiger partial charge in [-0.15, -0.1) is 0 Å². The molecule has 0 bridgehead atoms. The molecule has 0 fully saturated rings. The van der Waals surface area contributed by atoms with Gasteiger partial charge in [0.1, 0.15) is 6.10 Å². The predicted octanol–water partition coefficient (Wildman–Crippen LogP) is 3.02. The highest BCUT2D eigenvalue weighted by Gasteiger charge is 2.10. The van der Waals surface area contributed by atoms with E-state index < -0.39 is 11.9 Å². The Labute approximate surface area is 146 Å². The SMILES string of the molecule is CC(CNC(=O)NCCC(O)c1ccccc1)Oc1ccccc1F. The van der Waals surface area contributed by atoms with Crippen LogP contribution in [0, 0.1) is 5.82 Å². The van der Waals surface area contributed by atoms with Gasteiger partial charge in [0.25, 0.3) is 0 Å². The first-order valence-electron chi connectivity index (χ1n) is 8.22. The zero-order valence-electron chi connectivity index (χ0n) is 14.1. The fourth-order valence-corrected chi connectivity index (χ4v) is 2.26. The van der Waals surface area contributed by atoms with Gasteiger partial charge >= 0.3 is 6.03 Å². The molecule has 5 nitrogen and oxygen atoms in total. The van der Waals surface area contributed by atoms with E-state index in [0.717, 1.165) is 5.56 Å². The Morgan fingerprint density at radius 3 is 2.52 bits per heavy atom. The van der Waals surface area contributed by atoms with Crippen LogP contribution in [-0.4, -0.2) is 30.3 Å².